The molecule has 1 aliphatic rings. The zero-order valence-electron chi connectivity index (χ0n) is 11.6. The van der Waals surface area contributed by atoms with Crippen LogP contribution in [0.2, 0.25) is 0 Å². The summed E-state index contributed by atoms with van der Waals surface area (Å²) in [4.78, 5) is 0. The van der Waals surface area contributed by atoms with E-state index in [-0.39, 0.29) is 0 Å². The van der Waals surface area contributed by atoms with Crippen LogP contribution in [0.1, 0.15) is 44.1 Å². The van der Waals surface area contributed by atoms with Gasteiger partial charge >= 0.3 is 0 Å². The molecule has 0 heterocycles. The van der Waals surface area contributed by atoms with Gasteiger partial charge in [0.2, 0.25) is 0 Å². The number of hydrogen-bond acceptors (Lipinski definition) is 2. The van der Waals surface area contributed by atoms with E-state index in [1.807, 2.05) is 12.1 Å². The van der Waals surface area contributed by atoms with E-state index in [9.17, 15) is 0 Å². The Morgan fingerprint density at radius 3 is 2.56 bits per heavy atom. The SMILES string of the molecule is COc1ccc(C(CN)C2CCCC(C)C2)cc1. The summed E-state index contributed by atoms with van der Waals surface area (Å²) in [6.07, 6.45) is 5.40. The van der Waals surface area contributed by atoms with Gasteiger partial charge in [-0.3, -0.25) is 0 Å². The molecule has 0 aliphatic heterocycles. The molecule has 100 valence electrons. The number of ether oxygens (including phenoxy) is 1. The van der Waals surface area contributed by atoms with E-state index in [4.69, 9.17) is 10.5 Å². The summed E-state index contributed by atoms with van der Waals surface area (Å²) in [5, 5.41) is 0. The number of methoxy groups -OCH3 is 1. The van der Waals surface area contributed by atoms with Crippen LogP contribution >= 0.6 is 0 Å². The van der Waals surface area contributed by atoms with Gasteiger partial charge in [-0.15, -0.1) is 0 Å². The van der Waals surface area contributed by atoms with E-state index < -0.39 is 0 Å². The van der Waals surface area contributed by atoms with Crippen LogP contribution in [0.25, 0.3) is 0 Å². The topological polar surface area (TPSA) is 35.2 Å². The lowest BCUT2D eigenvalue weighted by Crippen LogP contribution is -2.26. The predicted octanol–water partition coefficient (Wildman–Crippen LogP) is 3.56. The molecule has 1 aromatic carbocycles. The van der Waals surface area contributed by atoms with Crippen molar-refractivity contribution in [1.29, 1.82) is 0 Å². The smallest absolute Gasteiger partial charge is 0.118 e. The van der Waals surface area contributed by atoms with E-state index in [2.05, 4.69) is 19.1 Å². The van der Waals surface area contributed by atoms with Gasteiger partial charge in [0.15, 0.2) is 0 Å². The van der Waals surface area contributed by atoms with Gasteiger partial charge in [-0.2, -0.15) is 0 Å². The maximum Gasteiger partial charge on any atom is 0.118 e. The molecule has 2 N–H and O–H groups in total. The van der Waals surface area contributed by atoms with Gasteiger partial charge in [-0.25, -0.2) is 0 Å². The van der Waals surface area contributed by atoms with E-state index in [0.717, 1.165) is 24.1 Å². The second kappa shape index (κ2) is 6.24. The summed E-state index contributed by atoms with van der Waals surface area (Å²) in [6, 6.07) is 8.44. The number of rotatable bonds is 4. The number of benzene rings is 1. The van der Waals surface area contributed by atoms with Crippen molar-refractivity contribution >= 4 is 0 Å². The van der Waals surface area contributed by atoms with Crippen molar-refractivity contribution in [3.8, 4) is 5.75 Å². The number of nitrogens with two attached hydrogens (primary N) is 1. The van der Waals surface area contributed by atoms with E-state index in [0.29, 0.717) is 5.92 Å². The first kappa shape index (κ1) is 13.4. The van der Waals surface area contributed by atoms with Crippen LogP contribution in [-0.2, 0) is 0 Å². The summed E-state index contributed by atoms with van der Waals surface area (Å²) in [6.45, 7) is 3.12. The highest BCUT2D eigenvalue weighted by molar-refractivity contribution is 5.30. The fourth-order valence-electron chi connectivity index (χ4n) is 3.30. The molecule has 18 heavy (non-hydrogen) atoms. The molecule has 1 aromatic rings. The lowest BCUT2D eigenvalue weighted by molar-refractivity contribution is 0.248. The van der Waals surface area contributed by atoms with Gasteiger partial charge in [0.05, 0.1) is 7.11 Å². The van der Waals surface area contributed by atoms with Crippen LogP contribution in [0.15, 0.2) is 24.3 Å². The highest BCUT2D eigenvalue weighted by Gasteiger charge is 2.26. The Labute approximate surface area is 111 Å². The fraction of sp³-hybridized carbons (Fsp3) is 0.625. The Morgan fingerprint density at radius 1 is 1.28 bits per heavy atom. The standard InChI is InChI=1S/C16H25NO/c1-12-4-3-5-14(10-12)16(11-17)13-6-8-15(18-2)9-7-13/h6-9,12,14,16H,3-5,10-11,17H2,1-2H3. The maximum atomic E-state index is 6.02. The average molecular weight is 247 g/mol. The van der Waals surface area contributed by atoms with Crippen molar-refractivity contribution in [2.75, 3.05) is 13.7 Å². The van der Waals surface area contributed by atoms with Gasteiger partial charge in [0.1, 0.15) is 5.75 Å². The molecule has 1 aliphatic carbocycles. The molecule has 3 atom stereocenters. The summed E-state index contributed by atoms with van der Waals surface area (Å²) in [5.41, 5.74) is 7.39. The molecule has 0 amide bonds. The maximum absolute atomic E-state index is 6.02. The summed E-state index contributed by atoms with van der Waals surface area (Å²) < 4.78 is 5.21. The minimum atomic E-state index is 0.513. The summed E-state index contributed by atoms with van der Waals surface area (Å²) >= 11 is 0. The molecule has 1 fully saturated rings. The van der Waals surface area contributed by atoms with Crippen LogP contribution in [0.3, 0.4) is 0 Å². The van der Waals surface area contributed by atoms with Gasteiger partial charge in [0.25, 0.3) is 0 Å². The van der Waals surface area contributed by atoms with Crippen LogP contribution in [0.4, 0.5) is 0 Å². The lowest BCUT2D eigenvalue weighted by Gasteiger charge is -2.33. The third kappa shape index (κ3) is 3.05. The predicted molar refractivity (Wildman–Crippen MR) is 75.9 cm³/mol. The van der Waals surface area contributed by atoms with Crippen molar-refractivity contribution < 1.29 is 4.74 Å². The molecule has 2 heteroatoms. The molecule has 3 unspecified atom stereocenters. The first-order valence-electron chi connectivity index (χ1n) is 7.08. The normalized spacial score (nSPS) is 25.7. The Balaban J connectivity index is 2.11. The van der Waals surface area contributed by atoms with Gasteiger partial charge < -0.3 is 10.5 Å². The second-order valence-electron chi connectivity index (χ2n) is 5.65. The van der Waals surface area contributed by atoms with Gasteiger partial charge in [-0.05, 0) is 54.8 Å². The third-order valence-corrected chi connectivity index (χ3v) is 4.34. The van der Waals surface area contributed by atoms with Gasteiger partial charge in [-0.1, -0.05) is 31.9 Å². The second-order valence-corrected chi connectivity index (χ2v) is 5.65. The highest BCUT2D eigenvalue weighted by Crippen LogP contribution is 2.38. The van der Waals surface area contributed by atoms with Crippen LogP contribution in [0.5, 0.6) is 5.75 Å². The Hall–Kier alpha value is -1.02. The Morgan fingerprint density at radius 2 is 2.00 bits per heavy atom. The van der Waals surface area contributed by atoms with E-state index >= 15 is 0 Å². The average Bonchev–Trinajstić information content (AvgIpc) is 2.40. The van der Waals surface area contributed by atoms with E-state index in [1.54, 1.807) is 7.11 Å². The first-order chi connectivity index (χ1) is 8.74. The largest absolute Gasteiger partial charge is 0.497 e. The van der Waals surface area contributed by atoms with Crippen molar-refractivity contribution in [3.05, 3.63) is 29.8 Å². The quantitative estimate of drug-likeness (QED) is 0.883. The molecule has 0 radical (unpaired) electrons. The Bertz CT molecular complexity index is 360. The lowest BCUT2D eigenvalue weighted by atomic mass is 9.73. The summed E-state index contributed by atoms with van der Waals surface area (Å²) in [5.74, 6) is 3.05. The minimum absolute atomic E-state index is 0.513. The molecular weight excluding hydrogens is 222 g/mol. The molecule has 2 nitrogen and oxygen atoms in total. The van der Waals surface area contributed by atoms with Crippen LogP contribution < -0.4 is 10.5 Å². The van der Waals surface area contributed by atoms with Crippen molar-refractivity contribution in [2.24, 2.45) is 17.6 Å². The zero-order valence-corrected chi connectivity index (χ0v) is 11.6. The first-order valence-corrected chi connectivity index (χ1v) is 7.08. The molecular formula is C16H25NO. The molecule has 2 rings (SSSR count). The molecule has 0 bridgehead atoms. The molecule has 1 saturated carbocycles. The van der Waals surface area contributed by atoms with Crippen molar-refractivity contribution in [3.63, 3.8) is 0 Å². The molecule has 0 spiro atoms. The Kier molecular flexibility index (Phi) is 4.65. The van der Waals surface area contributed by atoms with Crippen molar-refractivity contribution in [1.82, 2.24) is 0 Å². The highest BCUT2D eigenvalue weighted by atomic mass is 16.5. The van der Waals surface area contributed by atoms with Crippen LogP contribution in [0, 0.1) is 11.8 Å². The number of hydrogen-bond donors (Lipinski definition) is 1. The van der Waals surface area contributed by atoms with Crippen molar-refractivity contribution in [2.45, 2.75) is 38.5 Å². The zero-order chi connectivity index (χ0) is 13.0. The van der Waals surface area contributed by atoms with Crippen LogP contribution in [-0.4, -0.2) is 13.7 Å². The van der Waals surface area contributed by atoms with E-state index in [1.165, 1.54) is 31.2 Å². The molecule has 0 saturated heterocycles. The fourth-order valence-corrected chi connectivity index (χ4v) is 3.30. The monoisotopic (exact) mass is 247 g/mol. The minimum Gasteiger partial charge on any atom is -0.497 e. The molecule has 0 aromatic heterocycles. The third-order valence-electron chi connectivity index (χ3n) is 4.34. The van der Waals surface area contributed by atoms with Gasteiger partial charge in [0, 0.05) is 0 Å². The summed E-state index contributed by atoms with van der Waals surface area (Å²) in [7, 11) is 1.71.